The molecule has 12 heavy (non-hydrogen) atoms. The molecule has 0 heterocycles. The van der Waals surface area contributed by atoms with Gasteiger partial charge in [-0.2, -0.15) is 0 Å². The molecule has 6 heteroatoms. The van der Waals surface area contributed by atoms with E-state index in [2.05, 4.69) is 5.32 Å². The summed E-state index contributed by atoms with van der Waals surface area (Å²) in [6, 6.07) is 0. The molecule has 0 saturated carbocycles. The largest absolute Gasteiger partial charge is 0.465 e. The number of rotatable bonds is 4. The molecule has 0 aliphatic heterocycles. The zero-order valence-corrected chi connectivity index (χ0v) is 7.47. The van der Waals surface area contributed by atoms with Gasteiger partial charge in [-0.3, -0.25) is 4.79 Å². The van der Waals surface area contributed by atoms with Crippen molar-refractivity contribution in [2.75, 3.05) is 19.6 Å². The van der Waals surface area contributed by atoms with E-state index in [0.717, 1.165) is 0 Å². The van der Waals surface area contributed by atoms with Crippen LogP contribution in [0, 0.1) is 0 Å². The molecule has 0 atom stereocenters. The average molecular weight is 195 g/mol. The topological polar surface area (TPSA) is 69.6 Å². The summed E-state index contributed by atoms with van der Waals surface area (Å²) < 4.78 is 0. The van der Waals surface area contributed by atoms with Crippen molar-refractivity contribution >= 4 is 23.1 Å². The molecule has 70 valence electrons. The number of halogens is 1. The Kier molecular flexibility index (Phi) is 5.19. The molecule has 0 radical (unpaired) electrons. The van der Waals surface area contributed by atoms with Crippen molar-refractivity contribution in [3.8, 4) is 0 Å². The van der Waals surface area contributed by atoms with Gasteiger partial charge in [0.1, 0.15) is 0 Å². The lowest BCUT2D eigenvalue weighted by Crippen LogP contribution is -2.35. The number of carboxylic acid groups (broad SMARTS) is 1. The highest BCUT2D eigenvalue weighted by Crippen LogP contribution is 1.93. The third-order valence-electron chi connectivity index (χ3n) is 1.29. The molecule has 0 aliphatic rings. The van der Waals surface area contributed by atoms with Crippen molar-refractivity contribution in [3.63, 3.8) is 0 Å². The Balaban J connectivity index is 3.59. The highest BCUT2D eigenvalue weighted by molar-refractivity contribution is 6.62. The van der Waals surface area contributed by atoms with Crippen LogP contribution in [0.25, 0.3) is 0 Å². The Hall–Kier alpha value is -0.970. The molecular formula is C6H11ClN2O3. The summed E-state index contributed by atoms with van der Waals surface area (Å²) in [6.07, 6.45) is -1.10. The maximum absolute atomic E-state index is 10.6. The lowest BCUT2D eigenvalue weighted by molar-refractivity contribution is 0.191. The SMILES string of the molecule is CCN(CCNC(=O)O)C(=O)Cl. The van der Waals surface area contributed by atoms with E-state index < -0.39 is 11.5 Å². The maximum Gasteiger partial charge on any atom is 0.404 e. The summed E-state index contributed by atoms with van der Waals surface area (Å²) in [4.78, 5) is 21.9. The van der Waals surface area contributed by atoms with Crippen LogP contribution >= 0.6 is 11.6 Å². The fourth-order valence-electron chi connectivity index (χ4n) is 0.668. The van der Waals surface area contributed by atoms with Crippen LogP contribution in [0.2, 0.25) is 0 Å². The van der Waals surface area contributed by atoms with Crippen LogP contribution in [-0.4, -0.2) is 41.1 Å². The fraction of sp³-hybridized carbons (Fsp3) is 0.667. The van der Waals surface area contributed by atoms with Gasteiger partial charge in [-0.05, 0) is 18.5 Å². The molecule has 0 aliphatic carbocycles. The van der Waals surface area contributed by atoms with Crippen molar-refractivity contribution in [1.29, 1.82) is 0 Å². The van der Waals surface area contributed by atoms with Crippen LogP contribution in [0.4, 0.5) is 9.59 Å². The van der Waals surface area contributed by atoms with Crippen LogP contribution in [0.15, 0.2) is 0 Å². The summed E-state index contributed by atoms with van der Waals surface area (Å²) in [7, 11) is 0. The van der Waals surface area contributed by atoms with Crippen LogP contribution in [-0.2, 0) is 0 Å². The molecule has 0 rings (SSSR count). The number of nitrogens with zero attached hydrogens (tertiary/aromatic N) is 1. The van der Waals surface area contributed by atoms with Crippen LogP contribution < -0.4 is 5.32 Å². The Labute approximate surface area is 75.3 Å². The van der Waals surface area contributed by atoms with Crippen molar-refractivity contribution in [2.45, 2.75) is 6.92 Å². The fourth-order valence-corrected chi connectivity index (χ4v) is 0.872. The van der Waals surface area contributed by atoms with Crippen LogP contribution in [0.1, 0.15) is 6.92 Å². The smallest absolute Gasteiger partial charge is 0.404 e. The Morgan fingerprint density at radius 3 is 2.50 bits per heavy atom. The predicted octanol–water partition coefficient (Wildman–Crippen LogP) is 0.935. The first-order valence-electron chi connectivity index (χ1n) is 3.49. The van der Waals surface area contributed by atoms with Gasteiger partial charge in [-0.25, -0.2) is 4.79 Å². The van der Waals surface area contributed by atoms with Gasteiger partial charge in [-0.1, -0.05) is 0 Å². The lowest BCUT2D eigenvalue weighted by atomic mass is 10.5. The zero-order chi connectivity index (χ0) is 9.56. The minimum Gasteiger partial charge on any atom is -0.465 e. The number of carbonyl (C=O) groups excluding carboxylic acids is 1. The first-order chi connectivity index (χ1) is 5.57. The second-order valence-electron chi connectivity index (χ2n) is 2.06. The third kappa shape index (κ3) is 4.79. The molecule has 2 N–H and O–H groups in total. The monoisotopic (exact) mass is 194 g/mol. The van der Waals surface area contributed by atoms with E-state index in [1.807, 2.05) is 0 Å². The summed E-state index contributed by atoms with van der Waals surface area (Å²) in [5.41, 5.74) is 0. The molecule has 0 unspecified atom stereocenters. The Morgan fingerprint density at radius 2 is 2.17 bits per heavy atom. The Bertz CT molecular complexity index is 174. The summed E-state index contributed by atoms with van der Waals surface area (Å²) in [5.74, 6) is 0. The van der Waals surface area contributed by atoms with Gasteiger partial charge < -0.3 is 15.3 Å². The summed E-state index contributed by atoms with van der Waals surface area (Å²) in [5, 5.41) is 9.75. The second kappa shape index (κ2) is 5.65. The van der Waals surface area contributed by atoms with Crippen molar-refractivity contribution in [1.82, 2.24) is 10.2 Å². The van der Waals surface area contributed by atoms with Gasteiger partial charge in [0.05, 0.1) is 0 Å². The maximum atomic E-state index is 10.6. The molecule has 2 amide bonds. The van der Waals surface area contributed by atoms with E-state index in [9.17, 15) is 9.59 Å². The number of hydrogen-bond donors (Lipinski definition) is 2. The highest BCUT2D eigenvalue weighted by Gasteiger charge is 2.07. The molecule has 0 aromatic carbocycles. The van der Waals surface area contributed by atoms with Crippen molar-refractivity contribution in [3.05, 3.63) is 0 Å². The predicted molar refractivity (Wildman–Crippen MR) is 44.5 cm³/mol. The molecule has 0 fully saturated rings. The normalized spacial score (nSPS) is 9.17. The van der Waals surface area contributed by atoms with E-state index in [-0.39, 0.29) is 6.54 Å². The van der Waals surface area contributed by atoms with Crippen LogP contribution in [0.5, 0.6) is 0 Å². The molecule has 0 aromatic heterocycles. The molecule has 0 bridgehead atoms. The zero-order valence-electron chi connectivity index (χ0n) is 6.71. The minimum atomic E-state index is -1.10. The number of amides is 2. The quantitative estimate of drug-likeness (QED) is 0.517. The van der Waals surface area contributed by atoms with Gasteiger partial charge in [0, 0.05) is 19.6 Å². The molecule has 0 saturated heterocycles. The molecule has 0 aromatic rings. The van der Waals surface area contributed by atoms with Gasteiger partial charge in [0.15, 0.2) is 0 Å². The second-order valence-corrected chi connectivity index (χ2v) is 2.39. The molecule has 0 spiro atoms. The minimum absolute atomic E-state index is 0.196. The summed E-state index contributed by atoms with van der Waals surface area (Å²) in [6.45, 7) is 2.73. The van der Waals surface area contributed by atoms with E-state index in [1.165, 1.54) is 4.90 Å². The highest BCUT2D eigenvalue weighted by atomic mass is 35.5. The van der Waals surface area contributed by atoms with Gasteiger partial charge in [0.2, 0.25) is 0 Å². The number of carbonyl (C=O) groups is 2. The number of hydrogen-bond acceptors (Lipinski definition) is 2. The molecular weight excluding hydrogens is 184 g/mol. The average Bonchev–Trinajstić information content (AvgIpc) is 1.96. The Morgan fingerprint density at radius 1 is 1.58 bits per heavy atom. The number of likely N-dealkylation sites (N-methyl/N-ethyl adjacent to an activating group) is 1. The third-order valence-corrected chi connectivity index (χ3v) is 1.53. The van der Waals surface area contributed by atoms with E-state index in [4.69, 9.17) is 16.7 Å². The lowest BCUT2D eigenvalue weighted by Gasteiger charge is -2.16. The number of nitrogens with one attached hydrogen (secondary N) is 1. The van der Waals surface area contributed by atoms with E-state index in [1.54, 1.807) is 6.92 Å². The van der Waals surface area contributed by atoms with Crippen LogP contribution in [0.3, 0.4) is 0 Å². The van der Waals surface area contributed by atoms with Crippen molar-refractivity contribution in [2.24, 2.45) is 0 Å². The van der Waals surface area contributed by atoms with Crippen molar-refractivity contribution < 1.29 is 14.7 Å². The first-order valence-corrected chi connectivity index (χ1v) is 3.87. The molecule has 5 nitrogen and oxygen atoms in total. The van der Waals surface area contributed by atoms with E-state index in [0.29, 0.717) is 13.1 Å². The first kappa shape index (κ1) is 11.0. The summed E-state index contributed by atoms with van der Waals surface area (Å²) >= 11 is 5.17. The van der Waals surface area contributed by atoms with Gasteiger partial charge >= 0.3 is 11.5 Å². The van der Waals surface area contributed by atoms with E-state index >= 15 is 0 Å². The standard InChI is InChI=1S/C6H11ClN2O3/c1-2-9(5(7)10)4-3-8-6(11)12/h8H,2-4H2,1H3,(H,11,12). The van der Waals surface area contributed by atoms with Gasteiger partial charge in [0.25, 0.3) is 0 Å². The van der Waals surface area contributed by atoms with Gasteiger partial charge in [-0.15, -0.1) is 0 Å².